The molecule has 2 N–H and O–H groups in total. The van der Waals surface area contributed by atoms with E-state index in [2.05, 4.69) is 10.6 Å². The van der Waals surface area contributed by atoms with Crippen molar-refractivity contribution in [3.63, 3.8) is 0 Å². The second-order valence-corrected chi connectivity index (χ2v) is 6.25. The van der Waals surface area contributed by atoms with Crippen molar-refractivity contribution in [2.45, 2.75) is 5.75 Å². The fourth-order valence-corrected chi connectivity index (χ4v) is 2.80. The summed E-state index contributed by atoms with van der Waals surface area (Å²) in [7, 11) is 1.60. The van der Waals surface area contributed by atoms with Crippen molar-refractivity contribution in [1.82, 2.24) is 5.32 Å². The number of hydrogen-bond acceptors (Lipinski definition) is 3. The zero-order valence-corrected chi connectivity index (χ0v) is 14.2. The lowest BCUT2D eigenvalue weighted by Crippen LogP contribution is -2.17. The van der Waals surface area contributed by atoms with Crippen molar-refractivity contribution in [3.8, 4) is 0 Å². The molecular formula is C17H17ClN2O2S. The van der Waals surface area contributed by atoms with Crippen LogP contribution in [0.3, 0.4) is 0 Å². The lowest BCUT2D eigenvalue weighted by atomic mass is 10.1. The van der Waals surface area contributed by atoms with Crippen molar-refractivity contribution in [3.05, 3.63) is 64.7 Å². The minimum Gasteiger partial charge on any atom is -0.355 e. The number of halogens is 1. The minimum atomic E-state index is -0.105. The van der Waals surface area contributed by atoms with E-state index in [9.17, 15) is 9.59 Å². The number of carbonyl (C=O) groups is 2. The van der Waals surface area contributed by atoms with Crippen LogP contribution in [0.15, 0.2) is 48.5 Å². The summed E-state index contributed by atoms with van der Waals surface area (Å²) in [5, 5.41) is 6.03. The normalized spacial score (nSPS) is 10.2. The molecule has 23 heavy (non-hydrogen) atoms. The van der Waals surface area contributed by atoms with E-state index in [1.807, 2.05) is 12.1 Å². The number of benzene rings is 2. The lowest BCUT2D eigenvalue weighted by Gasteiger charge is -2.06. The molecule has 0 saturated heterocycles. The second kappa shape index (κ2) is 8.60. The van der Waals surface area contributed by atoms with Crippen LogP contribution in [0.2, 0.25) is 5.02 Å². The Morgan fingerprint density at radius 1 is 1.04 bits per heavy atom. The van der Waals surface area contributed by atoms with Gasteiger partial charge in [0.25, 0.3) is 5.91 Å². The van der Waals surface area contributed by atoms with E-state index in [1.165, 1.54) is 11.8 Å². The molecule has 2 amide bonds. The molecule has 6 heteroatoms. The van der Waals surface area contributed by atoms with Crippen molar-refractivity contribution in [2.75, 3.05) is 18.1 Å². The topological polar surface area (TPSA) is 58.2 Å². The second-order valence-electron chi connectivity index (χ2n) is 4.82. The maximum atomic E-state index is 11.9. The first-order valence-corrected chi connectivity index (χ1v) is 8.56. The number of anilines is 1. The summed E-state index contributed by atoms with van der Waals surface area (Å²) in [6.45, 7) is 0. The summed E-state index contributed by atoms with van der Waals surface area (Å²) < 4.78 is 0. The van der Waals surface area contributed by atoms with Gasteiger partial charge in [0.15, 0.2) is 0 Å². The fraction of sp³-hybridized carbons (Fsp3) is 0.176. The van der Waals surface area contributed by atoms with Crippen molar-refractivity contribution < 1.29 is 9.59 Å². The molecule has 0 aliphatic carbocycles. The third-order valence-electron chi connectivity index (χ3n) is 3.07. The van der Waals surface area contributed by atoms with Crippen LogP contribution in [0.4, 0.5) is 5.69 Å². The minimum absolute atomic E-state index is 0.0562. The molecule has 0 aliphatic heterocycles. The zero-order valence-electron chi connectivity index (χ0n) is 12.6. The van der Waals surface area contributed by atoms with E-state index in [1.54, 1.807) is 43.4 Å². The van der Waals surface area contributed by atoms with Gasteiger partial charge in [0, 0.05) is 29.1 Å². The number of hydrogen-bond donors (Lipinski definition) is 2. The van der Waals surface area contributed by atoms with E-state index < -0.39 is 0 Å². The molecule has 2 aromatic carbocycles. The van der Waals surface area contributed by atoms with Crippen LogP contribution in [0.5, 0.6) is 0 Å². The Hall–Kier alpha value is -1.98. The van der Waals surface area contributed by atoms with E-state index in [0.717, 1.165) is 11.3 Å². The number of nitrogens with one attached hydrogen (secondary N) is 2. The molecule has 0 fully saturated rings. The summed E-state index contributed by atoms with van der Waals surface area (Å²) in [6, 6.07) is 14.4. The molecule has 120 valence electrons. The Kier molecular flexibility index (Phi) is 6.50. The van der Waals surface area contributed by atoms with E-state index in [4.69, 9.17) is 11.6 Å². The number of carbonyl (C=O) groups excluding carboxylic acids is 2. The average molecular weight is 349 g/mol. The van der Waals surface area contributed by atoms with Crippen LogP contribution in [-0.2, 0) is 10.5 Å². The van der Waals surface area contributed by atoms with Crippen LogP contribution < -0.4 is 10.6 Å². The predicted molar refractivity (Wildman–Crippen MR) is 96.1 cm³/mol. The van der Waals surface area contributed by atoms with Crippen LogP contribution in [0.25, 0.3) is 0 Å². The molecular weight excluding hydrogens is 332 g/mol. The molecule has 0 saturated carbocycles. The smallest absolute Gasteiger partial charge is 0.251 e. The summed E-state index contributed by atoms with van der Waals surface area (Å²) in [6.07, 6.45) is 0. The number of rotatable bonds is 6. The van der Waals surface area contributed by atoms with Gasteiger partial charge >= 0.3 is 0 Å². The molecule has 0 aliphatic rings. The van der Waals surface area contributed by atoms with Gasteiger partial charge in [-0.25, -0.2) is 0 Å². The standard InChI is InChI=1S/C17H17ClN2O2S/c1-19-17(22)13-4-2-12(3-5-13)10-23-11-16(21)20-15-8-6-14(18)7-9-15/h2-9H,10-11H2,1H3,(H,19,22)(H,20,21). The van der Waals surface area contributed by atoms with Gasteiger partial charge in [0.05, 0.1) is 5.75 Å². The van der Waals surface area contributed by atoms with Gasteiger partial charge in [-0.05, 0) is 42.0 Å². The quantitative estimate of drug-likeness (QED) is 0.839. The lowest BCUT2D eigenvalue weighted by molar-refractivity contribution is -0.113. The van der Waals surface area contributed by atoms with E-state index >= 15 is 0 Å². The number of thioether (sulfide) groups is 1. The fourth-order valence-electron chi connectivity index (χ4n) is 1.89. The van der Waals surface area contributed by atoms with Crippen molar-refractivity contribution in [1.29, 1.82) is 0 Å². The first-order chi connectivity index (χ1) is 11.1. The SMILES string of the molecule is CNC(=O)c1ccc(CSCC(=O)Nc2ccc(Cl)cc2)cc1. The van der Waals surface area contributed by atoms with Crippen LogP contribution >= 0.6 is 23.4 Å². The Balaban J connectivity index is 1.77. The van der Waals surface area contributed by atoms with Crippen molar-refractivity contribution in [2.24, 2.45) is 0 Å². The van der Waals surface area contributed by atoms with E-state index in [-0.39, 0.29) is 11.8 Å². The zero-order chi connectivity index (χ0) is 16.7. The molecule has 2 rings (SSSR count). The molecule has 0 heterocycles. The first kappa shape index (κ1) is 17.4. The summed E-state index contributed by atoms with van der Waals surface area (Å²) in [4.78, 5) is 23.3. The van der Waals surface area contributed by atoms with Gasteiger partial charge in [-0.15, -0.1) is 11.8 Å². The maximum Gasteiger partial charge on any atom is 0.251 e. The highest BCUT2D eigenvalue weighted by Crippen LogP contribution is 2.16. The largest absolute Gasteiger partial charge is 0.355 e. The summed E-state index contributed by atoms with van der Waals surface area (Å²) in [5.41, 5.74) is 2.43. The Bertz CT molecular complexity index is 672. The number of amides is 2. The van der Waals surface area contributed by atoms with Gasteiger partial charge in [-0.1, -0.05) is 23.7 Å². The summed E-state index contributed by atoms with van der Waals surface area (Å²) >= 11 is 7.32. The average Bonchev–Trinajstić information content (AvgIpc) is 2.57. The van der Waals surface area contributed by atoms with Gasteiger partial charge in [0.1, 0.15) is 0 Å². The summed E-state index contributed by atoms with van der Waals surface area (Å²) in [5.74, 6) is 0.910. The molecule has 0 radical (unpaired) electrons. The molecule has 2 aromatic rings. The first-order valence-electron chi connectivity index (χ1n) is 7.02. The molecule has 4 nitrogen and oxygen atoms in total. The van der Waals surface area contributed by atoms with Gasteiger partial charge < -0.3 is 10.6 Å². The third-order valence-corrected chi connectivity index (χ3v) is 4.33. The van der Waals surface area contributed by atoms with Gasteiger partial charge in [0.2, 0.25) is 5.91 Å². The highest BCUT2D eigenvalue weighted by molar-refractivity contribution is 7.99. The molecule has 0 unspecified atom stereocenters. The monoisotopic (exact) mass is 348 g/mol. The predicted octanol–water partition coefficient (Wildman–Crippen LogP) is 3.57. The van der Waals surface area contributed by atoms with Gasteiger partial charge in [-0.3, -0.25) is 9.59 Å². The van der Waals surface area contributed by atoms with Crippen LogP contribution in [0, 0.1) is 0 Å². The van der Waals surface area contributed by atoms with Crippen molar-refractivity contribution >= 4 is 40.9 Å². The Morgan fingerprint density at radius 2 is 1.70 bits per heavy atom. The van der Waals surface area contributed by atoms with Crippen LogP contribution in [-0.4, -0.2) is 24.6 Å². The highest BCUT2D eigenvalue weighted by atomic mass is 35.5. The Morgan fingerprint density at radius 3 is 2.30 bits per heavy atom. The maximum absolute atomic E-state index is 11.9. The van der Waals surface area contributed by atoms with Crippen LogP contribution in [0.1, 0.15) is 15.9 Å². The third kappa shape index (κ3) is 5.62. The van der Waals surface area contributed by atoms with Gasteiger partial charge in [-0.2, -0.15) is 0 Å². The molecule has 0 atom stereocenters. The molecule has 0 aromatic heterocycles. The molecule has 0 spiro atoms. The Labute approximate surface area is 144 Å². The molecule has 0 bridgehead atoms. The highest BCUT2D eigenvalue weighted by Gasteiger charge is 2.05. The van der Waals surface area contributed by atoms with E-state index in [0.29, 0.717) is 22.1 Å².